The van der Waals surface area contributed by atoms with Crippen LogP contribution in [0, 0.1) is 5.92 Å². The second kappa shape index (κ2) is 10.5. The fourth-order valence-electron chi connectivity index (χ4n) is 6.47. The Labute approximate surface area is 249 Å². The van der Waals surface area contributed by atoms with Crippen LogP contribution in [-0.4, -0.2) is 41.4 Å². The number of amides is 2. The van der Waals surface area contributed by atoms with Crippen LogP contribution in [0.1, 0.15) is 49.8 Å². The van der Waals surface area contributed by atoms with Gasteiger partial charge in [-0.25, -0.2) is 14.7 Å². The molecule has 0 bridgehead atoms. The maximum Gasteiger partial charge on any atom is 0.421 e. The highest BCUT2D eigenvalue weighted by atomic mass is 32.1. The van der Waals surface area contributed by atoms with Crippen LogP contribution in [0.2, 0.25) is 0 Å². The summed E-state index contributed by atoms with van der Waals surface area (Å²) < 4.78 is 11.7. The van der Waals surface area contributed by atoms with Crippen molar-refractivity contribution in [2.45, 2.75) is 50.2 Å². The summed E-state index contributed by atoms with van der Waals surface area (Å²) in [7, 11) is 0. The normalized spacial score (nSPS) is 22.3. The van der Waals surface area contributed by atoms with E-state index in [0.717, 1.165) is 27.2 Å². The molecule has 0 unspecified atom stereocenters. The van der Waals surface area contributed by atoms with Gasteiger partial charge in [0, 0.05) is 5.92 Å². The van der Waals surface area contributed by atoms with Crippen LogP contribution in [-0.2, 0) is 24.5 Å². The first kappa shape index (κ1) is 27.8. The first-order chi connectivity index (χ1) is 20.2. The van der Waals surface area contributed by atoms with E-state index in [4.69, 9.17) is 21.7 Å². The summed E-state index contributed by atoms with van der Waals surface area (Å²) in [6.07, 6.45) is 2.80. The van der Waals surface area contributed by atoms with E-state index in [-0.39, 0.29) is 18.9 Å². The summed E-state index contributed by atoms with van der Waals surface area (Å²) >= 11 is 4.81. The minimum atomic E-state index is -1.46. The van der Waals surface area contributed by atoms with Crippen LogP contribution in [0.4, 0.5) is 10.5 Å². The quantitative estimate of drug-likeness (QED) is 0.150. The van der Waals surface area contributed by atoms with Gasteiger partial charge in [0.25, 0.3) is 5.91 Å². The Kier molecular flexibility index (Phi) is 6.92. The fourth-order valence-corrected chi connectivity index (χ4v) is 6.60. The minimum Gasteiger partial charge on any atom is -0.460 e. The van der Waals surface area contributed by atoms with Crippen molar-refractivity contribution in [3.8, 4) is 11.1 Å². The Hall–Kier alpha value is -4.39. The van der Waals surface area contributed by atoms with Crippen molar-refractivity contribution in [2.75, 3.05) is 11.5 Å². The van der Waals surface area contributed by atoms with Crippen molar-refractivity contribution < 1.29 is 23.9 Å². The number of para-hydroxylation sites is 1. The number of carbonyl (C=O) groups excluding carboxylic acids is 3. The van der Waals surface area contributed by atoms with Crippen LogP contribution in [0.3, 0.4) is 0 Å². The van der Waals surface area contributed by atoms with Gasteiger partial charge < -0.3 is 9.47 Å². The Morgan fingerprint density at radius 2 is 1.62 bits per heavy atom. The molecule has 42 heavy (non-hydrogen) atoms. The number of rotatable bonds is 4. The number of isothiocyanates is 1. The molecule has 1 aliphatic heterocycles. The number of aliphatic imine (C=N–C) groups is 1. The number of hydrogen-bond acceptors (Lipinski definition) is 7. The number of imide groups is 1. The van der Waals surface area contributed by atoms with E-state index in [0.29, 0.717) is 11.3 Å². The van der Waals surface area contributed by atoms with Crippen LogP contribution in [0.15, 0.2) is 89.9 Å². The van der Waals surface area contributed by atoms with Gasteiger partial charge in [-0.1, -0.05) is 78.9 Å². The smallest absolute Gasteiger partial charge is 0.421 e. The standard InChI is InChI=1S/C34H30N2O5S/c1-33(2,3)41-30(37)28-18-21(35-20-42)16-17-34(28)27-14-8-9-15-29(27)36(31(34)38)32(39)40-19-26-24-12-6-4-10-22(24)23-11-5-7-13-25(23)26/h4-17,21,26,28H,18-19H2,1-3H3/t21-,28-,34-/m0/s1. The molecule has 1 spiro atoms. The zero-order chi connectivity index (χ0) is 29.6. The lowest BCUT2D eigenvalue weighted by Gasteiger charge is -2.37. The Balaban J connectivity index is 1.35. The van der Waals surface area contributed by atoms with E-state index in [1.807, 2.05) is 36.4 Å². The zero-order valence-corrected chi connectivity index (χ0v) is 24.4. The molecule has 0 N–H and O–H groups in total. The Bertz CT molecular complexity index is 1640. The highest BCUT2D eigenvalue weighted by Crippen LogP contribution is 2.52. The number of nitrogens with zero attached hydrogens (tertiary/aromatic N) is 2. The number of anilines is 1. The Morgan fingerprint density at radius 1 is 1.00 bits per heavy atom. The summed E-state index contributed by atoms with van der Waals surface area (Å²) in [5.74, 6) is -2.22. The SMILES string of the molecule is CC(C)(C)OC(=O)[C@@H]1C[C@@H](N=C=S)C=C[C@@]12C(=O)N(C(=O)OCC1c3ccccc3-c3ccccc31)c1ccccc12. The van der Waals surface area contributed by atoms with Crippen LogP contribution >= 0.6 is 12.2 Å². The average molecular weight is 579 g/mol. The highest BCUT2D eigenvalue weighted by molar-refractivity contribution is 7.78. The molecule has 212 valence electrons. The maximum absolute atomic E-state index is 14.4. The molecule has 8 heteroatoms. The lowest BCUT2D eigenvalue weighted by Crippen LogP contribution is -2.52. The topological polar surface area (TPSA) is 85.3 Å². The number of thiocarbonyl (C=S) groups is 1. The number of fused-ring (bicyclic) bond motifs is 5. The van der Waals surface area contributed by atoms with Gasteiger partial charge in [0.1, 0.15) is 17.6 Å². The predicted molar refractivity (Wildman–Crippen MR) is 163 cm³/mol. The van der Waals surface area contributed by atoms with E-state index >= 15 is 0 Å². The lowest BCUT2D eigenvalue weighted by molar-refractivity contribution is -0.164. The summed E-state index contributed by atoms with van der Waals surface area (Å²) in [5, 5.41) is 2.37. The lowest BCUT2D eigenvalue weighted by atomic mass is 9.65. The van der Waals surface area contributed by atoms with Crippen molar-refractivity contribution in [3.63, 3.8) is 0 Å². The molecule has 0 fully saturated rings. The van der Waals surface area contributed by atoms with Crippen molar-refractivity contribution in [2.24, 2.45) is 10.9 Å². The first-order valence-corrected chi connectivity index (χ1v) is 14.3. The fraction of sp³-hybridized carbons (Fsp3) is 0.294. The summed E-state index contributed by atoms with van der Waals surface area (Å²) in [6.45, 7) is 5.38. The molecule has 0 aromatic heterocycles. The van der Waals surface area contributed by atoms with E-state index in [1.165, 1.54) is 0 Å². The van der Waals surface area contributed by atoms with Crippen molar-refractivity contribution in [3.05, 3.63) is 102 Å². The van der Waals surface area contributed by atoms with E-state index in [9.17, 15) is 14.4 Å². The molecule has 3 aliphatic rings. The summed E-state index contributed by atoms with van der Waals surface area (Å²) in [4.78, 5) is 47.1. The molecule has 2 aliphatic carbocycles. The van der Waals surface area contributed by atoms with Gasteiger partial charge in [-0.2, -0.15) is 0 Å². The molecule has 3 aromatic rings. The van der Waals surface area contributed by atoms with Crippen LogP contribution in [0.5, 0.6) is 0 Å². The molecular formula is C34H30N2O5S. The van der Waals surface area contributed by atoms with Crippen molar-refractivity contribution in [1.29, 1.82) is 0 Å². The van der Waals surface area contributed by atoms with Crippen LogP contribution in [0.25, 0.3) is 11.1 Å². The predicted octanol–water partition coefficient (Wildman–Crippen LogP) is 6.61. The van der Waals surface area contributed by atoms with Gasteiger partial charge in [0.2, 0.25) is 0 Å². The molecule has 3 aromatic carbocycles. The monoisotopic (exact) mass is 578 g/mol. The molecule has 0 saturated heterocycles. The number of carbonyl (C=O) groups is 3. The number of ether oxygens (including phenoxy) is 2. The van der Waals surface area contributed by atoms with Crippen molar-refractivity contribution in [1.82, 2.24) is 0 Å². The molecule has 6 rings (SSSR count). The second-order valence-corrected chi connectivity index (χ2v) is 12.0. The maximum atomic E-state index is 14.4. The second-order valence-electron chi connectivity index (χ2n) is 11.8. The van der Waals surface area contributed by atoms with E-state index in [1.54, 1.807) is 57.2 Å². The van der Waals surface area contributed by atoms with Crippen molar-refractivity contribution >= 4 is 41.0 Å². The number of benzene rings is 3. The molecule has 2 amide bonds. The Morgan fingerprint density at radius 3 is 2.26 bits per heavy atom. The average Bonchev–Trinajstić information content (AvgIpc) is 3.41. The summed E-state index contributed by atoms with van der Waals surface area (Å²) in [5.41, 5.74) is 3.04. The van der Waals surface area contributed by atoms with Gasteiger partial charge in [-0.15, -0.1) is 0 Å². The van der Waals surface area contributed by atoms with Gasteiger partial charge in [-0.05, 0) is 73.3 Å². The van der Waals surface area contributed by atoms with Gasteiger partial charge in [-0.3, -0.25) is 9.59 Å². The third kappa shape index (κ3) is 4.48. The van der Waals surface area contributed by atoms with E-state index < -0.39 is 40.9 Å². The molecule has 0 saturated carbocycles. The summed E-state index contributed by atoms with van der Waals surface area (Å²) in [6, 6.07) is 22.7. The molecule has 7 nitrogen and oxygen atoms in total. The molecule has 0 radical (unpaired) electrons. The molecule has 1 heterocycles. The third-order valence-electron chi connectivity index (χ3n) is 8.18. The van der Waals surface area contributed by atoms with E-state index in [2.05, 4.69) is 22.3 Å². The van der Waals surface area contributed by atoms with Gasteiger partial charge in [0.15, 0.2) is 0 Å². The minimum absolute atomic E-state index is 0.0581. The van der Waals surface area contributed by atoms with Gasteiger partial charge in [0.05, 0.1) is 22.8 Å². The first-order valence-electron chi connectivity index (χ1n) is 13.9. The number of hydrogen-bond donors (Lipinski definition) is 0. The van der Waals surface area contributed by atoms with Gasteiger partial charge >= 0.3 is 12.1 Å². The number of esters is 1. The zero-order valence-electron chi connectivity index (χ0n) is 23.6. The largest absolute Gasteiger partial charge is 0.460 e. The van der Waals surface area contributed by atoms with Crippen LogP contribution < -0.4 is 4.90 Å². The highest BCUT2D eigenvalue weighted by Gasteiger charge is 2.60. The third-order valence-corrected chi connectivity index (χ3v) is 8.29. The molecular weight excluding hydrogens is 548 g/mol. The molecule has 3 atom stereocenters.